The van der Waals surface area contributed by atoms with Crippen molar-refractivity contribution >= 4 is 50.4 Å². The lowest BCUT2D eigenvalue weighted by Gasteiger charge is -2.31. The number of amides is 2. The zero-order chi connectivity index (χ0) is 26.8. The first-order valence-corrected chi connectivity index (χ1v) is 13.4. The minimum absolute atomic E-state index is 0.235. The van der Waals surface area contributed by atoms with Gasteiger partial charge in [-0.3, -0.25) is 14.6 Å². The van der Waals surface area contributed by atoms with Crippen LogP contribution in [-0.2, 0) is 0 Å². The maximum atomic E-state index is 13.5. The van der Waals surface area contributed by atoms with Crippen LogP contribution in [0.15, 0.2) is 90.7 Å². The first kappa shape index (κ1) is 24.6. The smallest absolute Gasteiger partial charge is 0.257 e. The average molecular weight is 536 g/mol. The molecule has 0 radical (unpaired) electrons. The summed E-state index contributed by atoms with van der Waals surface area (Å²) in [7, 11) is 0. The van der Waals surface area contributed by atoms with E-state index in [0.717, 1.165) is 27.1 Å². The maximum Gasteiger partial charge on any atom is 0.257 e. The third kappa shape index (κ3) is 4.92. The lowest BCUT2D eigenvalue weighted by Crippen LogP contribution is -2.31. The van der Waals surface area contributed by atoms with Gasteiger partial charge < -0.3 is 20.3 Å². The summed E-state index contributed by atoms with van der Waals surface area (Å²) in [5.41, 5.74) is 3.13. The van der Waals surface area contributed by atoms with Crippen LogP contribution in [0.3, 0.4) is 0 Å². The fraction of sp³-hybridized carbons (Fsp3) is 0.133. The molecule has 2 aromatic carbocycles. The monoisotopic (exact) mass is 535 g/mol. The van der Waals surface area contributed by atoms with E-state index in [4.69, 9.17) is 4.74 Å². The molecule has 8 nitrogen and oxygen atoms in total. The molecule has 4 heterocycles. The van der Waals surface area contributed by atoms with Gasteiger partial charge in [0.2, 0.25) is 0 Å². The van der Waals surface area contributed by atoms with Crippen LogP contribution in [0.5, 0.6) is 5.75 Å². The molecular formula is C30H25N5O3S. The van der Waals surface area contributed by atoms with Crippen LogP contribution in [0.4, 0.5) is 17.2 Å². The number of hydrogen-bond donors (Lipinski definition) is 2. The van der Waals surface area contributed by atoms with E-state index in [1.807, 2.05) is 77.9 Å². The Balaban J connectivity index is 1.36. The number of nitrogens with one attached hydrogen (secondary N) is 2. The van der Waals surface area contributed by atoms with Gasteiger partial charge in [0, 0.05) is 34.1 Å². The quantitative estimate of drug-likeness (QED) is 0.278. The number of fused-ring (bicyclic) bond motifs is 2. The first-order valence-electron chi connectivity index (χ1n) is 12.6. The second kappa shape index (κ2) is 10.5. The third-order valence-electron chi connectivity index (χ3n) is 6.64. The molecule has 3 aromatic heterocycles. The van der Waals surface area contributed by atoms with Gasteiger partial charge in [0.15, 0.2) is 5.82 Å². The van der Waals surface area contributed by atoms with Crippen molar-refractivity contribution in [1.82, 2.24) is 15.3 Å². The first-order chi connectivity index (χ1) is 19.1. The Labute approximate surface area is 229 Å². The summed E-state index contributed by atoms with van der Waals surface area (Å²) in [5, 5.41) is 8.79. The highest BCUT2D eigenvalue weighted by Gasteiger charge is 2.25. The summed E-state index contributed by atoms with van der Waals surface area (Å²) < 4.78 is 6.86. The Bertz CT molecular complexity index is 1670. The summed E-state index contributed by atoms with van der Waals surface area (Å²) in [5.74, 6) is 0.717. The predicted octanol–water partition coefficient (Wildman–Crippen LogP) is 5.97. The number of para-hydroxylation sites is 2. The molecular weight excluding hydrogens is 510 g/mol. The number of carbonyl (C=O) groups is 2. The number of aromatic nitrogens is 2. The zero-order valence-corrected chi connectivity index (χ0v) is 21.9. The van der Waals surface area contributed by atoms with E-state index >= 15 is 0 Å². The van der Waals surface area contributed by atoms with Crippen molar-refractivity contribution in [3.63, 3.8) is 0 Å². The molecule has 1 atom stereocenters. The van der Waals surface area contributed by atoms with Crippen molar-refractivity contribution in [3.05, 3.63) is 107 Å². The molecule has 5 aromatic rings. The largest absolute Gasteiger partial charge is 0.490 e. The fourth-order valence-electron chi connectivity index (χ4n) is 4.64. The molecule has 0 spiro atoms. The summed E-state index contributed by atoms with van der Waals surface area (Å²) in [6.45, 7) is 2.91. The van der Waals surface area contributed by atoms with E-state index < -0.39 is 0 Å². The van der Waals surface area contributed by atoms with Crippen LogP contribution < -0.4 is 20.3 Å². The number of ether oxygens (including phenoxy) is 1. The Hall–Kier alpha value is -4.76. The van der Waals surface area contributed by atoms with Gasteiger partial charge in [-0.2, -0.15) is 0 Å². The van der Waals surface area contributed by atoms with Crippen LogP contribution in [0.1, 0.15) is 39.2 Å². The topological polar surface area (TPSA) is 96.5 Å². The van der Waals surface area contributed by atoms with Crippen LogP contribution in [0.25, 0.3) is 10.1 Å². The Morgan fingerprint density at radius 3 is 2.69 bits per heavy atom. The minimum atomic E-state index is -0.294. The van der Waals surface area contributed by atoms with E-state index in [1.54, 1.807) is 18.5 Å². The fourth-order valence-corrected chi connectivity index (χ4v) is 5.58. The lowest BCUT2D eigenvalue weighted by molar-refractivity contribution is 0.0938. The number of anilines is 3. The van der Waals surface area contributed by atoms with Crippen molar-refractivity contribution < 1.29 is 14.3 Å². The summed E-state index contributed by atoms with van der Waals surface area (Å²) in [4.78, 5) is 37.5. The molecule has 0 saturated carbocycles. The van der Waals surface area contributed by atoms with Gasteiger partial charge in [-0.05, 0) is 48.9 Å². The molecule has 0 unspecified atom stereocenters. The van der Waals surface area contributed by atoms with E-state index in [0.29, 0.717) is 35.8 Å². The van der Waals surface area contributed by atoms with Crippen molar-refractivity contribution in [2.45, 2.75) is 13.0 Å². The number of benzene rings is 2. The SMILES string of the molecule is C[C@H](NC(=O)c1cnc(N2CCOc3ccccc32)c(NC(=O)c2csc3ccccc23)c1)c1ccncc1. The number of carbonyl (C=O) groups excluding carboxylic acids is 2. The van der Waals surface area contributed by atoms with Gasteiger partial charge in [0.05, 0.1) is 35.1 Å². The number of pyridine rings is 2. The molecule has 9 heteroatoms. The highest BCUT2D eigenvalue weighted by molar-refractivity contribution is 7.17. The molecule has 2 N–H and O–H groups in total. The van der Waals surface area contributed by atoms with Gasteiger partial charge in [-0.1, -0.05) is 30.3 Å². The molecule has 0 saturated heterocycles. The lowest BCUT2D eigenvalue weighted by atomic mass is 10.1. The molecule has 194 valence electrons. The number of nitrogens with zero attached hydrogens (tertiary/aromatic N) is 3. The van der Waals surface area contributed by atoms with E-state index in [9.17, 15) is 9.59 Å². The highest BCUT2D eigenvalue weighted by atomic mass is 32.1. The molecule has 0 bridgehead atoms. The van der Waals surface area contributed by atoms with Crippen LogP contribution in [-0.4, -0.2) is 34.9 Å². The van der Waals surface area contributed by atoms with Gasteiger partial charge in [0.1, 0.15) is 12.4 Å². The Kier molecular flexibility index (Phi) is 6.64. The average Bonchev–Trinajstić information content (AvgIpc) is 3.42. The molecule has 1 aliphatic heterocycles. The van der Waals surface area contributed by atoms with Gasteiger partial charge in [0.25, 0.3) is 11.8 Å². The normalized spacial score (nSPS) is 13.3. The molecule has 0 fully saturated rings. The highest BCUT2D eigenvalue weighted by Crippen LogP contribution is 2.39. The summed E-state index contributed by atoms with van der Waals surface area (Å²) in [6, 6.07) is 20.7. The van der Waals surface area contributed by atoms with Gasteiger partial charge in [-0.15, -0.1) is 11.3 Å². The number of rotatable bonds is 6. The minimum Gasteiger partial charge on any atom is -0.490 e. The zero-order valence-electron chi connectivity index (χ0n) is 21.1. The Morgan fingerprint density at radius 2 is 1.82 bits per heavy atom. The van der Waals surface area contributed by atoms with Crippen LogP contribution in [0.2, 0.25) is 0 Å². The van der Waals surface area contributed by atoms with Crippen molar-refractivity contribution in [2.24, 2.45) is 0 Å². The number of hydrogen-bond acceptors (Lipinski definition) is 7. The summed E-state index contributed by atoms with van der Waals surface area (Å²) >= 11 is 1.52. The van der Waals surface area contributed by atoms with E-state index in [1.165, 1.54) is 17.5 Å². The Morgan fingerprint density at radius 1 is 1.03 bits per heavy atom. The molecule has 1 aliphatic rings. The van der Waals surface area contributed by atoms with Crippen molar-refractivity contribution in [3.8, 4) is 5.75 Å². The second-order valence-corrected chi connectivity index (χ2v) is 10.0. The predicted molar refractivity (Wildman–Crippen MR) is 153 cm³/mol. The third-order valence-corrected chi connectivity index (χ3v) is 7.60. The number of thiophene rings is 1. The van der Waals surface area contributed by atoms with Crippen LogP contribution in [0, 0.1) is 0 Å². The summed E-state index contributed by atoms with van der Waals surface area (Å²) in [6.07, 6.45) is 4.92. The molecule has 6 rings (SSSR count). The molecule has 2 amide bonds. The van der Waals surface area contributed by atoms with Crippen molar-refractivity contribution in [2.75, 3.05) is 23.4 Å². The van der Waals surface area contributed by atoms with Crippen LogP contribution >= 0.6 is 11.3 Å². The van der Waals surface area contributed by atoms with Gasteiger partial charge in [-0.25, -0.2) is 4.98 Å². The standard InChI is InChI=1S/C30H25N5O3S/c1-19(20-10-12-31-13-11-20)33-29(36)21-16-24(34-30(37)23-18-39-27-9-5-2-6-22(23)27)28(32-17-21)35-14-15-38-26-8-4-3-7-25(26)35/h2-13,16-19H,14-15H2,1H3,(H,33,36)(H,34,37)/t19-/m0/s1. The maximum absolute atomic E-state index is 13.5. The molecule has 39 heavy (non-hydrogen) atoms. The molecule has 0 aliphatic carbocycles. The van der Waals surface area contributed by atoms with E-state index in [2.05, 4.69) is 20.6 Å². The van der Waals surface area contributed by atoms with E-state index in [-0.39, 0.29) is 17.9 Å². The second-order valence-electron chi connectivity index (χ2n) is 9.14. The van der Waals surface area contributed by atoms with Gasteiger partial charge >= 0.3 is 0 Å². The van der Waals surface area contributed by atoms with Crippen molar-refractivity contribution in [1.29, 1.82) is 0 Å².